The second-order valence-electron chi connectivity index (χ2n) is 4.41. The van der Waals surface area contributed by atoms with Crippen molar-refractivity contribution in [2.45, 2.75) is 6.54 Å². The van der Waals surface area contributed by atoms with E-state index in [1.807, 2.05) is 24.5 Å². The highest BCUT2D eigenvalue weighted by Gasteiger charge is 1.99. The summed E-state index contributed by atoms with van der Waals surface area (Å²) in [6.45, 7) is 0.820. The molecule has 0 bridgehead atoms. The van der Waals surface area contributed by atoms with Crippen molar-refractivity contribution in [3.8, 4) is 0 Å². The second kappa shape index (κ2) is 4.53. The molecule has 0 amide bonds. The number of nitrogens with one attached hydrogen (secondary N) is 1. The van der Waals surface area contributed by atoms with Crippen molar-refractivity contribution in [2.24, 2.45) is 7.05 Å². The molecule has 2 heterocycles. The highest BCUT2D eigenvalue weighted by molar-refractivity contribution is 5.83. The summed E-state index contributed by atoms with van der Waals surface area (Å²) in [5.74, 6) is 0. The van der Waals surface area contributed by atoms with Gasteiger partial charge in [-0.3, -0.25) is 4.98 Å². The minimum Gasteiger partial charge on any atom is -0.381 e. The van der Waals surface area contributed by atoms with Crippen LogP contribution in [0.3, 0.4) is 0 Å². The van der Waals surface area contributed by atoms with E-state index in [1.54, 1.807) is 0 Å². The average Bonchev–Trinajstić information content (AvgIpc) is 2.79. The number of rotatable bonds is 3. The number of nitrogens with zero attached hydrogens (tertiary/aromatic N) is 2. The van der Waals surface area contributed by atoms with E-state index in [2.05, 4.69) is 52.4 Å². The lowest BCUT2D eigenvalue weighted by atomic mass is 10.2. The maximum Gasteiger partial charge on any atom is 0.0479 e. The lowest BCUT2D eigenvalue weighted by Crippen LogP contribution is -1.99. The van der Waals surface area contributed by atoms with Gasteiger partial charge >= 0.3 is 0 Å². The number of pyridine rings is 1. The van der Waals surface area contributed by atoms with Crippen molar-refractivity contribution < 1.29 is 0 Å². The molecular formula is C15H15N3. The molecule has 0 aliphatic heterocycles. The van der Waals surface area contributed by atoms with Crippen LogP contribution in [0.2, 0.25) is 0 Å². The summed E-state index contributed by atoms with van der Waals surface area (Å²) in [4.78, 5) is 4.01. The van der Waals surface area contributed by atoms with E-state index in [1.165, 1.54) is 16.5 Å². The van der Waals surface area contributed by atoms with E-state index in [4.69, 9.17) is 0 Å². The van der Waals surface area contributed by atoms with Crippen LogP contribution in [0.25, 0.3) is 10.9 Å². The fraction of sp³-hybridized carbons (Fsp3) is 0.133. The van der Waals surface area contributed by atoms with Crippen molar-refractivity contribution in [3.63, 3.8) is 0 Å². The Morgan fingerprint density at radius 2 is 1.94 bits per heavy atom. The fourth-order valence-corrected chi connectivity index (χ4v) is 2.10. The predicted octanol–water partition coefficient (Wildman–Crippen LogP) is 3.19. The van der Waals surface area contributed by atoms with E-state index < -0.39 is 0 Å². The number of hydrogen-bond acceptors (Lipinski definition) is 2. The van der Waals surface area contributed by atoms with Crippen LogP contribution in [0.15, 0.2) is 55.0 Å². The smallest absolute Gasteiger partial charge is 0.0479 e. The third-order valence-electron chi connectivity index (χ3n) is 3.13. The summed E-state index contributed by atoms with van der Waals surface area (Å²) in [5.41, 5.74) is 3.63. The van der Waals surface area contributed by atoms with Gasteiger partial charge in [0.05, 0.1) is 0 Å². The minimum atomic E-state index is 0.820. The normalized spacial score (nSPS) is 10.7. The first-order valence-corrected chi connectivity index (χ1v) is 6.01. The lowest BCUT2D eigenvalue weighted by Gasteiger charge is -2.07. The molecule has 0 radical (unpaired) electrons. The Bertz CT molecular complexity index is 656. The Labute approximate surface area is 106 Å². The van der Waals surface area contributed by atoms with Crippen LogP contribution in [0, 0.1) is 0 Å². The van der Waals surface area contributed by atoms with Crippen LogP contribution in [0.4, 0.5) is 5.69 Å². The lowest BCUT2D eigenvalue weighted by molar-refractivity contribution is 0.969. The topological polar surface area (TPSA) is 29.9 Å². The van der Waals surface area contributed by atoms with Gasteiger partial charge < -0.3 is 9.88 Å². The first kappa shape index (κ1) is 10.8. The summed E-state index contributed by atoms with van der Waals surface area (Å²) in [7, 11) is 2.06. The van der Waals surface area contributed by atoms with Gasteiger partial charge in [0.2, 0.25) is 0 Å². The van der Waals surface area contributed by atoms with E-state index in [0.29, 0.717) is 0 Å². The zero-order chi connectivity index (χ0) is 12.4. The van der Waals surface area contributed by atoms with E-state index in [9.17, 15) is 0 Å². The molecule has 3 rings (SSSR count). The first-order valence-electron chi connectivity index (χ1n) is 6.01. The summed E-state index contributed by atoms with van der Waals surface area (Å²) in [6, 6.07) is 12.6. The molecule has 2 aromatic heterocycles. The molecule has 3 heteroatoms. The third kappa shape index (κ3) is 2.07. The maximum absolute atomic E-state index is 4.01. The van der Waals surface area contributed by atoms with E-state index >= 15 is 0 Å². The van der Waals surface area contributed by atoms with Crippen molar-refractivity contribution in [2.75, 3.05) is 5.32 Å². The quantitative estimate of drug-likeness (QED) is 0.758. The molecule has 1 aromatic carbocycles. The maximum atomic E-state index is 4.01. The van der Waals surface area contributed by atoms with Crippen molar-refractivity contribution in [1.82, 2.24) is 9.55 Å². The number of hydrogen-bond donors (Lipinski definition) is 1. The van der Waals surface area contributed by atoms with Gasteiger partial charge in [0.15, 0.2) is 0 Å². The standard InChI is InChI=1S/C15H15N3/c1-18-9-6-13-10-14(2-3-15(13)18)17-11-12-4-7-16-8-5-12/h2-10,17H,11H2,1H3. The Morgan fingerprint density at radius 1 is 1.11 bits per heavy atom. The molecule has 0 atom stereocenters. The van der Waals surface area contributed by atoms with Gasteiger partial charge in [-0.05, 0) is 42.0 Å². The summed E-state index contributed by atoms with van der Waals surface area (Å²) >= 11 is 0. The number of benzene rings is 1. The van der Waals surface area contributed by atoms with Crippen LogP contribution in [0.5, 0.6) is 0 Å². The van der Waals surface area contributed by atoms with E-state index in [-0.39, 0.29) is 0 Å². The molecule has 0 aliphatic rings. The van der Waals surface area contributed by atoms with Gasteiger partial charge in [-0.25, -0.2) is 0 Å². The van der Waals surface area contributed by atoms with Gasteiger partial charge in [0.1, 0.15) is 0 Å². The van der Waals surface area contributed by atoms with Gasteiger partial charge in [-0.1, -0.05) is 0 Å². The predicted molar refractivity (Wildman–Crippen MR) is 74.5 cm³/mol. The Morgan fingerprint density at radius 3 is 2.78 bits per heavy atom. The minimum absolute atomic E-state index is 0.820. The molecule has 0 unspecified atom stereocenters. The second-order valence-corrected chi connectivity index (χ2v) is 4.41. The van der Waals surface area contributed by atoms with Gasteiger partial charge in [-0.15, -0.1) is 0 Å². The van der Waals surface area contributed by atoms with Gasteiger partial charge in [-0.2, -0.15) is 0 Å². The van der Waals surface area contributed by atoms with Crippen molar-refractivity contribution >= 4 is 16.6 Å². The van der Waals surface area contributed by atoms with Crippen LogP contribution >= 0.6 is 0 Å². The third-order valence-corrected chi connectivity index (χ3v) is 3.13. The molecular weight excluding hydrogens is 222 g/mol. The molecule has 0 aliphatic carbocycles. The zero-order valence-electron chi connectivity index (χ0n) is 10.3. The van der Waals surface area contributed by atoms with Crippen molar-refractivity contribution in [1.29, 1.82) is 0 Å². The molecule has 18 heavy (non-hydrogen) atoms. The van der Waals surface area contributed by atoms with Gasteiger partial charge in [0, 0.05) is 48.8 Å². The summed E-state index contributed by atoms with van der Waals surface area (Å²) < 4.78 is 2.13. The highest BCUT2D eigenvalue weighted by Crippen LogP contribution is 2.20. The average molecular weight is 237 g/mol. The molecule has 90 valence electrons. The molecule has 0 fully saturated rings. The SMILES string of the molecule is Cn1ccc2cc(NCc3ccncc3)ccc21. The Balaban J connectivity index is 1.79. The molecule has 0 saturated carbocycles. The summed E-state index contributed by atoms with van der Waals surface area (Å²) in [5, 5.41) is 4.69. The molecule has 1 N–H and O–H groups in total. The monoisotopic (exact) mass is 237 g/mol. The molecule has 0 spiro atoms. The van der Waals surface area contributed by atoms with Crippen LogP contribution < -0.4 is 5.32 Å². The Kier molecular flexibility index (Phi) is 2.73. The number of aryl methyl sites for hydroxylation is 1. The summed E-state index contributed by atoms with van der Waals surface area (Å²) in [6.07, 6.45) is 5.71. The molecule has 3 aromatic rings. The first-order chi connectivity index (χ1) is 8.83. The van der Waals surface area contributed by atoms with Crippen LogP contribution in [0.1, 0.15) is 5.56 Å². The van der Waals surface area contributed by atoms with Crippen LogP contribution in [-0.2, 0) is 13.6 Å². The fourth-order valence-electron chi connectivity index (χ4n) is 2.10. The number of fused-ring (bicyclic) bond motifs is 1. The van der Waals surface area contributed by atoms with Crippen LogP contribution in [-0.4, -0.2) is 9.55 Å². The van der Waals surface area contributed by atoms with Crippen molar-refractivity contribution in [3.05, 3.63) is 60.6 Å². The Hall–Kier alpha value is -2.29. The highest BCUT2D eigenvalue weighted by atomic mass is 14.9. The van der Waals surface area contributed by atoms with Gasteiger partial charge in [0.25, 0.3) is 0 Å². The van der Waals surface area contributed by atoms with E-state index in [0.717, 1.165) is 12.2 Å². The zero-order valence-corrected chi connectivity index (χ0v) is 10.3. The largest absolute Gasteiger partial charge is 0.381 e. The molecule has 0 saturated heterocycles. The number of aromatic nitrogens is 2. The number of anilines is 1. The molecule has 3 nitrogen and oxygen atoms in total.